The predicted molar refractivity (Wildman–Crippen MR) is 115 cm³/mol. The molecule has 0 radical (unpaired) electrons. The molecule has 1 aliphatic rings. The molecule has 0 saturated carbocycles. The van der Waals surface area contributed by atoms with Gasteiger partial charge in [-0.05, 0) is 54.5 Å². The van der Waals surface area contributed by atoms with Crippen LogP contribution in [0.4, 0.5) is 10.8 Å². The lowest BCUT2D eigenvalue weighted by molar-refractivity contribution is -0.384. The maximum atomic E-state index is 12.2. The fourth-order valence-corrected chi connectivity index (χ4v) is 4.14. The number of hydrogen-bond donors (Lipinski definition) is 1. The van der Waals surface area contributed by atoms with Crippen LogP contribution in [0.3, 0.4) is 0 Å². The van der Waals surface area contributed by atoms with Gasteiger partial charge in [-0.25, -0.2) is 4.98 Å². The van der Waals surface area contributed by atoms with Crippen LogP contribution in [0.15, 0.2) is 53.9 Å². The SMILES string of the molecule is O=C(C=Cc1cccc([N+](=O)[O-])c1)Nc1nc(-c2ccc3c(c2)CCCC3)cs1. The Bertz CT molecular complexity index is 1100. The fourth-order valence-electron chi connectivity index (χ4n) is 3.42. The van der Waals surface area contributed by atoms with Crippen molar-refractivity contribution in [3.63, 3.8) is 0 Å². The minimum absolute atomic E-state index is 0.0119. The molecular formula is C22H19N3O3S. The first-order chi connectivity index (χ1) is 14.1. The van der Waals surface area contributed by atoms with E-state index in [9.17, 15) is 14.9 Å². The van der Waals surface area contributed by atoms with Crippen LogP contribution in [0.1, 0.15) is 29.5 Å². The Morgan fingerprint density at radius 1 is 1.14 bits per heavy atom. The van der Waals surface area contributed by atoms with Crippen LogP contribution in [0, 0.1) is 10.1 Å². The number of nitrogens with one attached hydrogen (secondary N) is 1. The van der Waals surface area contributed by atoms with Gasteiger partial charge in [0.1, 0.15) is 0 Å². The molecule has 6 nitrogen and oxygen atoms in total. The van der Waals surface area contributed by atoms with Crippen molar-refractivity contribution in [1.29, 1.82) is 0 Å². The molecule has 0 aliphatic heterocycles. The Morgan fingerprint density at radius 3 is 2.79 bits per heavy atom. The van der Waals surface area contributed by atoms with E-state index < -0.39 is 4.92 Å². The number of nitro benzene ring substituents is 1. The number of non-ortho nitro benzene ring substituents is 1. The van der Waals surface area contributed by atoms with Crippen molar-refractivity contribution in [1.82, 2.24) is 4.98 Å². The predicted octanol–water partition coefficient (Wildman–Crippen LogP) is 5.25. The molecule has 1 aromatic heterocycles. The monoisotopic (exact) mass is 405 g/mol. The van der Waals surface area contributed by atoms with Crippen molar-refractivity contribution in [2.75, 3.05) is 5.32 Å². The van der Waals surface area contributed by atoms with Gasteiger partial charge in [0.25, 0.3) is 5.69 Å². The van der Waals surface area contributed by atoms with E-state index in [1.807, 2.05) is 5.38 Å². The summed E-state index contributed by atoms with van der Waals surface area (Å²) in [4.78, 5) is 27.1. The minimum atomic E-state index is -0.463. The van der Waals surface area contributed by atoms with Gasteiger partial charge in [-0.2, -0.15) is 0 Å². The average molecular weight is 405 g/mol. The number of amides is 1. The summed E-state index contributed by atoms with van der Waals surface area (Å²) in [6, 6.07) is 12.6. The summed E-state index contributed by atoms with van der Waals surface area (Å²) in [5.74, 6) is -0.331. The summed E-state index contributed by atoms with van der Waals surface area (Å²) in [5, 5.41) is 16.0. The average Bonchev–Trinajstić information content (AvgIpc) is 3.20. The molecule has 1 amide bonds. The van der Waals surface area contributed by atoms with Gasteiger partial charge in [-0.15, -0.1) is 11.3 Å². The Labute approximate surface area is 172 Å². The number of benzene rings is 2. The highest BCUT2D eigenvalue weighted by Crippen LogP contribution is 2.29. The summed E-state index contributed by atoms with van der Waals surface area (Å²) in [6.45, 7) is 0. The van der Waals surface area contributed by atoms with Gasteiger partial charge in [-0.1, -0.05) is 24.3 Å². The number of fused-ring (bicyclic) bond motifs is 1. The second-order valence-corrected chi connectivity index (χ2v) is 7.76. The molecule has 1 aliphatic carbocycles. The lowest BCUT2D eigenvalue weighted by Crippen LogP contribution is -2.07. The van der Waals surface area contributed by atoms with E-state index in [1.165, 1.54) is 53.5 Å². The first kappa shape index (κ1) is 19.0. The van der Waals surface area contributed by atoms with E-state index in [4.69, 9.17) is 0 Å². The van der Waals surface area contributed by atoms with Crippen LogP contribution in [0.5, 0.6) is 0 Å². The molecule has 0 unspecified atom stereocenters. The molecule has 2 aromatic carbocycles. The van der Waals surface area contributed by atoms with Crippen molar-refractivity contribution < 1.29 is 9.72 Å². The topological polar surface area (TPSA) is 85.1 Å². The number of rotatable bonds is 5. The number of aromatic nitrogens is 1. The molecule has 1 heterocycles. The van der Waals surface area contributed by atoms with E-state index in [1.54, 1.807) is 18.2 Å². The molecule has 0 fully saturated rings. The number of carbonyl (C=O) groups excluding carboxylic acids is 1. The molecule has 0 spiro atoms. The van der Waals surface area contributed by atoms with Gasteiger partial charge in [0.05, 0.1) is 10.6 Å². The molecule has 4 rings (SSSR count). The van der Waals surface area contributed by atoms with E-state index in [0.717, 1.165) is 24.1 Å². The van der Waals surface area contributed by atoms with E-state index in [0.29, 0.717) is 10.7 Å². The van der Waals surface area contributed by atoms with Crippen LogP contribution in [-0.4, -0.2) is 15.8 Å². The Kier molecular flexibility index (Phi) is 5.48. The third-order valence-electron chi connectivity index (χ3n) is 4.89. The normalized spacial score (nSPS) is 13.2. The highest BCUT2D eigenvalue weighted by atomic mass is 32.1. The smallest absolute Gasteiger partial charge is 0.270 e. The number of carbonyl (C=O) groups is 1. The zero-order chi connectivity index (χ0) is 20.2. The molecule has 0 saturated heterocycles. The maximum absolute atomic E-state index is 12.2. The number of thiazole rings is 1. The molecule has 7 heteroatoms. The van der Waals surface area contributed by atoms with Gasteiger partial charge >= 0.3 is 0 Å². The molecule has 1 N–H and O–H groups in total. The van der Waals surface area contributed by atoms with Gasteiger partial charge in [0, 0.05) is 29.2 Å². The molecule has 0 bridgehead atoms. The summed E-state index contributed by atoms with van der Waals surface area (Å²) >= 11 is 1.37. The van der Waals surface area contributed by atoms with Crippen molar-refractivity contribution in [2.24, 2.45) is 0 Å². The number of nitro groups is 1. The van der Waals surface area contributed by atoms with Gasteiger partial charge in [-0.3, -0.25) is 20.2 Å². The summed E-state index contributed by atoms with van der Waals surface area (Å²) < 4.78 is 0. The maximum Gasteiger partial charge on any atom is 0.270 e. The fraction of sp³-hybridized carbons (Fsp3) is 0.182. The number of aryl methyl sites for hydroxylation is 2. The van der Waals surface area contributed by atoms with Gasteiger partial charge in [0.15, 0.2) is 5.13 Å². The zero-order valence-electron chi connectivity index (χ0n) is 15.6. The van der Waals surface area contributed by atoms with Crippen LogP contribution in [0.25, 0.3) is 17.3 Å². The lowest BCUT2D eigenvalue weighted by atomic mass is 9.90. The van der Waals surface area contributed by atoms with Crippen molar-refractivity contribution >= 4 is 34.1 Å². The first-order valence-corrected chi connectivity index (χ1v) is 10.3. The minimum Gasteiger partial charge on any atom is -0.298 e. The van der Waals surface area contributed by atoms with Crippen molar-refractivity contribution in [3.8, 4) is 11.3 Å². The summed E-state index contributed by atoms with van der Waals surface area (Å²) in [5.41, 5.74) is 5.31. The largest absolute Gasteiger partial charge is 0.298 e. The standard InChI is InChI=1S/C22H19N3O3S/c26-21(11-8-15-4-3-7-19(12-15)25(27)28)24-22-23-20(14-29-22)18-10-9-16-5-1-2-6-17(16)13-18/h3-4,7-14H,1-2,5-6H2,(H,23,24,26). The molecule has 29 heavy (non-hydrogen) atoms. The second-order valence-electron chi connectivity index (χ2n) is 6.90. The third-order valence-corrected chi connectivity index (χ3v) is 5.64. The Morgan fingerprint density at radius 2 is 1.97 bits per heavy atom. The van der Waals surface area contributed by atoms with Gasteiger partial charge < -0.3 is 0 Å². The lowest BCUT2D eigenvalue weighted by Gasteiger charge is -2.16. The summed E-state index contributed by atoms with van der Waals surface area (Å²) in [6.07, 6.45) is 7.62. The molecule has 0 atom stereocenters. The summed E-state index contributed by atoms with van der Waals surface area (Å²) in [7, 11) is 0. The molecule has 3 aromatic rings. The number of nitrogens with zero attached hydrogens (tertiary/aromatic N) is 2. The van der Waals surface area contributed by atoms with Crippen molar-refractivity contribution in [2.45, 2.75) is 25.7 Å². The highest BCUT2D eigenvalue weighted by molar-refractivity contribution is 7.14. The van der Waals surface area contributed by atoms with E-state index >= 15 is 0 Å². The molecule has 146 valence electrons. The number of hydrogen-bond acceptors (Lipinski definition) is 5. The van der Waals surface area contributed by atoms with Gasteiger partial charge in [0.2, 0.25) is 5.91 Å². The first-order valence-electron chi connectivity index (χ1n) is 9.40. The van der Waals surface area contributed by atoms with E-state index in [-0.39, 0.29) is 11.6 Å². The third kappa shape index (κ3) is 4.57. The quantitative estimate of drug-likeness (QED) is 0.357. The van der Waals surface area contributed by atoms with Crippen LogP contribution < -0.4 is 5.32 Å². The number of anilines is 1. The van der Waals surface area contributed by atoms with Crippen LogP contribution in [0.2, 0.25) is 0 Å². The second kappa shape index (κ2) is 8.36. The van der Waals surface area contributed by atoms with Crippen LogP contribution in [-0.2, 0) is 17.6 Å². The highest BCUT2D eigenvalue weighted by Gasteiger charge is 2.12. The Balaban J connectivity index is 1.43. The van der Waals surface area contributed by atoms with Crippen LogP contribution >= 0.6 is 11.3 Å². The van der Waals surface area contributed by atoms with Crippen molar-refractivity contribution in [3.05, 3.63) is 80.7 Å². The van der Waals surface area contributed by atoms with E-state index in [2.05, 4.69) is 28.5 Å². The Hall–Kier alpha value is -3.32. The molecular weight excluding hydrogens is 386 g/mol. The zero-order valence-corrected chi connectivity index (χ0v) is 16.4.